The van der Waals surface area contributed by atoms with Gasteiger partial charge in [0, 0.05) is 19.6 Å². The second-order valence-electron chi connectivity index (χ2n) is 5.74. The Morgan fingerprint density at radius 2 is 1.55 bits per heavy atom. The van der Waals surface area contributed by atoms with Crippen LogP contribution in [-0.4, -0.2) is 23.9 Å². The molecule has 2 aromatic carbocycles. The normalized spacial score (nSPS) is 15.7. The average Bonchev–Trinajstić information content (AvgIpc) is 3.11. The van der Waals surface area contributed by atoms with Gasteiger partial charge in [0.05, 0.1) is 0 Å². The Balaban J connectivity index is 1.75. The molecule has 114 valence electrons. The first kappa shape index (κ1) is 14.8. The van der Waals surface area contributed by atoms with Gasteiger partial charge in [0.2, 0.25) is 5.91 Å². The van der Waals surface area contributed by atoms with E-state index in [0.717, 1.165) is 31.5 Å². The lowest BCUT2D eigenvalue weighted by molar-refractivity contribution is -0.132. The molecule has 1 fully saturated rings. The van der Waals surface area contributed by atoms with Gasteiger partial charge in [0.1, 0.15) is 6.04 Å². The van der Waals surface area contributed by atoms with Gasteiger partial charge in [-0.15, -0.1) is 0 Å². The van der Waals surface area contributed by atoms with Crippen molar-refractivity contribution in [1.82, 2.24) is 10.2 Å². The molecule has 1 aliphatic rings. The topological polar surface area (TPSA) is 32.3 Å². The maximum Gasteiger partial charge on any atom is 0.244 e. The summed E-state index contributed by atoms with van der Waals surface area (Å²) in [6.07, 6.45) is 2.23. The van der Waals surface area contributed by atoms with Gasteiger partial charge in [0.25, 0.3) is 0 Å². The Labute approximate surface area is 132 Å². The quantitative estimate of drug-likeness (QED) is 0.919. The third-order valence-corrected chi connectivity index (χ3v) is 4.15. The van der Waals surface area contributed by atoms with Crippen LogP contribution in [0.4, 0.5) is 0 Å². The molecule has 1 amide bonds. The Bertz CT molecular complexity index is 591. The van der Waals surface area contributed by atoms with Gasteiger partial charge >= 0.3 is 0 Å². The van der Waals surface area contributed by atoms with Crippen LogP contribution in [-0.2, 0) is 11.3 Å². The number of likely N-dealkylation sites (tertiary alicyclic amines) is 1. The first-order valence-corrected chi connectivity index (χ1v) is 7.95. The Morgan fingerprint density at radius 1 is 0.955 bits per heavy atom. The summed E-state index contributed by atoms with van der Waals surface area (Å²) in [6.45, 7) is 2.46. The molecule has 0 bridgehead atoms. The van der Waals surface area contributed by atoms with E-state index in [9.17, 15) is 4.79 Å². The van der Waals surface area contributed by atoms with Crippen LogP contribution < -0.4 is 5.32 Å². The maximum atomic E-state index is 12.8. The van der Waals surface area contributed by atoms with Crippen molar-refractivity contribution in [2.75, 3.05) is 13.1 Å². The molecule has 1 N–H and O–H groups in total. The molecule has 0 aliphatic carbocycles. The molecule has 1 aliphatic heterocycles. The van der Waals surface area contributed by atoms with E-state index in [1.165, 1.54) is 5.56 Å². The van der Waals surface area contributed by atoms with E-state index in [1.54, 1.807) is 0 Å². The van der Waals surface area contributed by atoms with E-state index in [2.05, 4.69) is 17.4 Å². The number of carbonyl (C=O) groups is 1. The van der Waals surface area contributed by atoms with Crippen molar-refractivity contribution in [3.8, 4) is 0 Å². The summed E-state index contributed by atoms with van der Waals surface area (Å²) in [6, 6.07) is 20.0. The number of hydrogen-bond donors (Lipinski definition) is 1. The van der Waals surface area contributed by atoms with Crippen LogP contribution in [0.25, 0.3) is 0 Å². The molecular weight excluding hydrogens is 272 g/mol. The first-order valence-electron chi connectivity index (χ1n) is 7.95. The van der Waals surface area contributed by atoms with Crippen molar-refractivity contribution >= 4 is 5.91 Å². The monoisotopic (exact) mass is 294 g/mol. The van der Waals surface area contributed by atoms with E-state index in [4.69, 9.17) is 0 Å². The zero-order valence-electron chi connectivity index (χ0n) is 12.7. The summed E-state index contributed by atoms with van der Waals surface area (Å²) in [5.74, 6) is 0.194. The standard InChI is InChI=1S/C19H22N2O/c22-19(21-13-7-8-14-21)18(17-11-5-2-6-12-17)20-15-16-9-3-1-4-10-16/h1-6,9-12,18,20H,7-8,13-15H2. The minimum Gasteiger partial charge on any atom is -0.341 e. The van der Waals surface area contributed by atoms with Crippen LogP contribution in [0.2, 0.25) is 0 Å². The van der Waals surface area contributed by atoms with Gasteiger partial charge in [-0.3, -0.25) is 10.1 Å². The predicted octanol–water partition coefficient (Wildman–Crippen LogP) is 3.14. The highest BCUT2D eigenvalue weighted by molar-refractivity contribution is 5.83. The zero-order valence-corrected chi connectivity index (χ0v) is 12.7. The third kappa shape index (κ3) is 3.55. The third-order valence-electron chi connectivity index (χ3n) is 4.15. The van der Waals surface area contributed by atoms with Gasteiger partial charge in [-0.25, -0.2) is 0 Å². The summed E-state index contributed by atoms with van der Waals surface area (Å²) in [7, 11) is 0. The Morgan fingerprint density at radius 3 is 2.18 bits per heavy atom. The predicted molar refractivity (Wildman–Crippen MR) is 88.3 cm³/mol. The largest absolute Gasteiger partial charge is 0.341 e. The Kier molecular flexibility index (Phi) is 4.86. The van der Waals surface area contributed by atoms with Crippen LogP contribution in [0.15, 0.2) is 60.7 Å². The van der Waals surface area contributed by atoms with E-state index in [-0.39, 0.29) is 11.9 Å². The van der Waals surface area contributed by atoms with Crippen molar-refractivity contribution in [1.29, 1.82) is 0 Å². The fourth-order valence-electron chi connectivity index (χ4n) is 2.93. The van der Waals surface area contributed by atoms with Crippen molar-refractivity contribution in [2.24, 2.45) is 0 Å². The van der Waals surface area contributed by atoms with Crippen LogP contribution in [0.1, 0.15) is 30.0 Å². The molecule has 1 unspecified atom stereocenters. The number of hydrogen-bond acceptors (Lipinski definition) is 2. The van der Waals surface area contributed by atoms with Crippen molar-refractivity contribution in [3.05, 3.63) is 71.8 Å². The van der Waals surface area contributed by atoms with E-state index < -0.39 is 0 Å². The average molecular weight is 294 g/mol. The lowest BCUT2D eigenvalue weighted by Crippen LogP contribution is -2.39. The summed E-state index contributed by atoms with van der Waals surface area (Å²) >= 11 is 0. The smallest absolute Gasteiger partial charge is 0.244 e. The lowest BCUT2D eigenvalue weighted by Gasteiger charge is -2.24. The summed E-state index contributed by atoms with van der Waals surface area (Å²) < 4.78 is 0. The summed E-state index contributed by atoms with van der Waals surface area (Å²) in [4.78, 5) is 14.8. The fourth-order valence-corrected chi connectivity index (χ4v) is 2.93. The van der Waals surface area contributed by atoms with Crippen LogP contribution >= 0.6 is 0 Å². The molecule has 2 aromatic rings. The molecule has 22 heavy (non-hydrogen) atoms. The highest BCUT2D eigenvalue weighted by atomic mass is 16.2. The molecule has 0 radical (unpaired) electrons. The number of rotatable bonds is 5. The van der Waals surface area contributed by atoms with Gasteiger partial charge in [-0.05, 0) is 24.0 Å². The number of benzene rings is 2. The molecule has 0 saturated carbocycles. The lowest BCUT2D eigenvalue weighted by atomic mass is 10.0. The van der Waals surface area contributed by atoms with Gasteiger partial charge in [-0.1, -0.05) is 60.7 Å². The van der Waals surface area contributed by atoms with Gasteiger partial charge in [0.15, 0.2) is 0 Å². The van der Waals surface area contributed by atoms with Gasteiger partial charge in [-0.2, -0.15) is 0 Å². The second kappa shape index (κ2) is 7.23. The first-order chi connectivity index (χ1) is 10.8. The van der Waals surface area contributed by atoms with Crippen LogP contribution in [0.5, 0.6) is 0 Å². The number of carbonyl (C=O) groups excluding carboxylic acids is 1. The highest BCUT2D eigenvalue weighted by Gasteiger charge is 2.27. The fraction of sp³-hybridized carbons (Fsp3) is 0.316. The second-order valence-corrected chi connectivity index (χ2v) is 5.74. The van der Waals surface area contributed by atoms with Crippen molar-refractivity contribution in [3.63, 3.8) is 0 Å². The van der Waals surface area contributed by atoms with E-state index in [0.29, 0.717) is 6.54 Å². The summed E-state index contributed by atoms with van der Waals surface area (Å²) in [5.41, 5.74) is 2.23. The molecule has 3 rings (SSSR count). The molecule has 3 nitrogen and oxygen atoms in total. The molecule has 1 heterocycles. The van der Waals surface area contributed by atoms with E-state index in [1.807, 2.05) is 53.4 Å². The molecule has 3 heteroatoms. The SMILES string of the molecule is O=C(C(NCc1ccccc1)c1ccccc1)N1CCCC1. The molecule has 1 saturated heterocycles. The number of nitrogens with zero attached hydrogens (tertiary/aromatic N) is 1. The minimum atomic E-state index is -0.264. The highest BCUT2D eigenvalue weighted by Crippen LogP contribution is 2.19. The van der Waals surface area contributed by atoms with Crippen molar-refractivity contribution in [2.45, 2.75) is 25.4 Å². The number of nitrogens with one attached hydrogen (secondary N) is 1. The molecule has 1 atom stereocenters. The molecule has 0 aromatic heterocycles. The number of amides is 1. The minimum absolute atomic E-state index is 0.194. The van der Waals surface area contributed by atoms with Crippen molar-refractivity contribution < 1.29 is 4.79 Å². The Hall–Kier alpha value is -2.13. The van der Waals surface area contributed by atoms with Crippen LogP contribution in [0, 0.1) is 0 Å². The maximum absolute atomic E-state index is 12.8. The zero-order chi connectivity index (χ0) is 15.2. The van der Waals surface area contributed by atoms with E-state index >= 15 is 0 Å². The molecule has 0 spiro atoms. The molecular formula is C19H22N2O. The summed E-state index contributed by atoms with van der Waals surface area (Å²) in [5, 5.41) is 3.44. The van der Waals surface area contributed by atoms with Crippen LogP contribution in [0.3, 0.4) is 0 Å². The van der Waals surface area contributed by atoms with Gasteiger partial charge < -0.3 is 4.90 Å².